The summed E-state index contributed by atoms with van der Waals surface area (Å²) < 4.78 is 69.1. The van der Waals surface area contributed by atoms with Crippen molar-refractivity contribution in [2.75, 3.05) is 10.6 Å². The van der Waals surface area contributed by atoms with Crippen LogP contribution in [0.3, 0.4) is 0 Å². The average Bonchev–Trinajstić information content (AvgIpc) is 3.44. The molecule has 0 saturated carbocycles. The van der Waals surface area contributed by atoms with Crippen LogP contribution >= 0.6 is 20.7 Å². The molecule has 2 aromatic heterocycles. The van der Waals surface area contributed by atoms with Gasteiger partial charge in [0.25, 0.3) is 5.91 Å². The molecule has 47 heavy (non-hydrogen) atoms. The highest BCUT2D eigenvalue weighted by atomic mass is 127. The van der Waals surface area contributed by atoms with E-state index in [0.717, 1.165) is 32.9 Å². The van der Waals surface area contributed by atoms with Crippen molar-refractivity contribution >= 4 is 63.0 Å². The number of hydrogen-bond acceptors (Lipinski definition) is 5. The zero-order valence-corrected chi connectivity index (χ0v) is 26.1. The van der Waals surface area contributed by atoms with Crippen molar-refractivity contribution in [3.63, 3.8) is 0 Å². The molecule has 0 bridgehead atoms. The van der Waals surface area contributed by atoms with E-state index in [4.69, 9.17) is 5.10 Å². The van der Waals surface area contributed by atoms with Gasteiger partial charge >= 0.3 is 12.1 Å². The summed E-state index contributed by atoms with van der Waals surface area (Å²) in [6.45, 7) is -0.297. The van der Waals surface area contributed by atoms with Gasteiger partial charge in [-0.2, -0.15) is 18.3 Å². The van der Waals surface area contributed by atoms with Gasteiger partial charge in [-0.05, 0) is 87.0 Å². The van der Waals surface area contributed by atoms with Gasteiger partial charge in [-0.25, -0.2) is 18.3 Å². The molecule has 0 saturated heterocycles. The van der Waals surface area contributed by atoms with E-state index >= 15 is 0 Å². The number of pyridine rings is 1. The first-order valence-electron chi connectivity index (χ1n) is 13.9. The first kappa shape index (κ1) is 31.7. The van der Waals surface area contributed by atoms with Crippen LogP contribution in [0.5, 0.6) is 0 Å². The number of fused-ring (bicyclic) bond motifs is 1. The Morgan fingerprint density at radius 2 is 1.70 bits per heavy atom. The zero-order valence-electron chi connectivity index (χ0n) is 23.9. The van der Waals surface area contributed by atoms with E-state index in [2.05, 4.69) is 15.6 Å². The quantitative estimate of drug-likeness (QED) is 0.114. The Kier molecular flexibility index (Phi) is 8.93. The number of aliphatic imine (C=N–C) groups is 1. The monoisotopic (exact) mass is 756 g/mol. The van der Waals surface area contributed by atoms with Crippen molar-refractivity contribution in [1.29, 1.82) is 0 Å². The molecule has 0 radical (unpaired) electrons. The summed E-state index contributed by atoms with van der Waals surface area (Å²) in [7, 11) is 0. The van der Waals surface area contributed by atoms with Gasteiger partial charge < -0.3 is 16.0 Å². The summed E-state index contributed by atoms with van der Waals surface area (Å²) in [5.41, 5.74) is 3.94. The maximum atomic E-state index is 14.2. The molecule has 6 rings (SSSR count). The highest BCUT2D eigenvalue weighted by molar-refractivity contribution is 14.2. The summed E-state index contributed by atoms with van der Waals surface area (Å²) in [4.78, 5) is 28.5. The fourth-order valence-electron chi connectivity index (χ4n) is 4.72. The van der Waals surface area contributed by atoms with Gasteiger partial charge in [0.2, 0.25) is 0 Å². The van der Waals surface area contributed by atoms with Gasteiger partial charge in [0.1, 0.15) is 17.3 Å². The van der Waals surface area contributed by atoms with Gasteiger partial charge in [-0.3, -0.25) is 9.59 Å². The van der Waals surface area contributed by atoms with Gasteiger partial charge in [-0.15, -0.1) is 0 Å². The molecule has 3 N–H and O–H groups in total. The first-order valence-corrected chi connectivity index (χ1v) is 16.0. The number of halogens is 6. The van der Waals surface area contributed by atoms with Crippen LogP contribution in [0.25, 0.3) is 20.4 Å². The SMILES string of the molecule is O=C(Nc1cccc(-c2nn3ccccc3c2C2=CC=NC(Nc3cccc(CNC(=O)C(F)(F)F)c3)=I2)c1)c1cc(F)ccc1F. The molecule has 0 fully saturated rings. The lowest BCUT2D eigenvalue weighted by atomic mass is 10.1. The normalized spacial score (nSPS) is 13.0. The van der Waals surface area contributed by atoms with Crippen molar-refractivity contribution in [3.8, 4) is 11.3 Å². The molecule has 238 valence electrons. The summed E-state index contributed by atoms with van der Waals surface area (Å²) in [5.74, 6) is -4.40. The number of aromatic nitrogens is 2. The molecular formula is C33H22F5IN6O2. The third kappa shape index (κ3) is 7.27. The Morgan fingerprint density at radius 3 is 2.53 bits per heavy atom. The number of anilines is 2. The van der Waals surface area contributed by atoms with Crippen LogP contribution < -0.4 is 16.0 Å². The van der Waals surface area contributed by atoms with Gasteiger partial charge in [0.05, 0.1) is 11.1 Å². The molecule has 8 nitrogen and oxygen atoms in total. The topological polar surface area (TPSA) is 99.9 Å². The number of carbonyl (C=O) groups is 2. The number of amides is 2. The second-order valence-electron chi connectivity index (χ2n) is 10.1. The number of benzene rings is 3. The van der Waals surface area contributed by atoms with E-state index < -0.39 is 55.9 Å². The van der Waals surface area contributed by atoms with E-state index in [1.54, 1.807) is 53.2 Å². The van der Waals surface area contributed by atoms with Crippen LogP contribution in [-0.4, -0.2) is 37.6 Å². The summed E-state index contributed by atoms with van der Waals surface area (Å²) >= 11 is -0.934. The molecule has 0 unspecified atom stereocenters. The lowest BCUT2D eigenvalue weighted by Crippen LogP contribution is -2.36. The van der Waals surface area contributed by atoms with E-state index in [-0.39, 0.29) is 6.54 Å². The Balaban J connectivity index is 1.28. The minimum atomic E-state index is -4.97. The van der Waals surface area contributed by atoms with E-state index in [1.165, 1.54) is 0 Å². The molecule has 14 heteroatoms. The summed E-state index contributed by atoms with van der Waals surface area (Å²) in [5, 5.41) is 12.6. The number of carbonyl (C=O) groups excluding carboxylic acids is 2. The molecule has 2 amide bonds. The van der Waals surface area contributed by atoms with E-state index in [1.807, 2.05) is 41.9 Å². The molecule has 1 aliphatic rings. The van der Waals surface area contributed by atoms with Gasteiger partial charge in [0, 0.05) is 45.0 Å². The van der Waals surface area contributed by atoms with Crippen molar-refractivity contribution in [1.82, 2.24) is 14.9 Å². The van der Waals surface area contributed by atoms with Crippen molar-refractivity contribution in [2.24, 2.45) is 4.99 Å². The molecule has 5 aromatic rings. The molecule has 0 spiro atoms. The van der Waals surface area contributed by atoms with Crippen molar-refractivity contribution < 1.29 is 31.5 Å². The number of rotatable bonds is 8. The molecule has 3 heterocycles. The number of nitrogens with zero attached hydrogens (tertiary/aromatic N) is 3. The Hall–Kier alpha value is -5.25. The Bertz CT molecular complexity index is 2120. The minimum Gasteiger partial charge on any atom is -0.344 e. The number of allylic oxidation sites excluding steroid dienone is 1. The molecule has 1 aliphatic heterocycles. The van der Waals surface area contributed by atoms with Gasteiger partial charge in [-0.1, -0.05) is 30.3 Å². The molecule has 0 atom stereocenters. The predicted molar refractivity (Wildman–Crippen MR) is 178 cm³/mol. The number of alkyl halides is 3. The highest BCUT2D eigenvalue weighted by Crippen LogP contribution is 2.40. The van der Waals surface area contributed by atoms with E-state index in [0.29, 0.717) is 32.0 Å². The fourth-order valence-corrected chi connectivity index (χ4v) is 7.16. The van der Waals surface area contributed by atoms with E-state index in [9.17, 15) is 31.5 Å². The zero-order chi connectivity index (χ0) is 33.1. The number of nitrogens with one attached hydrogen (secondary N) is 3. The van der Waals surface area contributed by atoms with Crippen LogP contribution in [0.15, 0.2) is 102 Å². The predicted octanol–water partition coefficient (Wildman–Crippen LogP) is 7.31. The van der Waals surface area contributed by atoms with Crippen LogP contribution in [0.4, 0.5) is 33.3 Å². The second-order valence-corrected chi connectivity index (χ2v) is 12.8. The fraction of sp³-hybridized carbons (Fsp3) is 0.0606. The van der Waals surface area contributed by atoms with Crippen LogP contribution in [-0.2, 0) is 11.3 Å². The third-order valence-corrected chi connectivity index (χ3v) is 9.37. The lowest BCUT2D eigenvalue weighted by Gasteiger charge is -2.13. The summed E-state index contributed by atoms with van der Waals surface area (Å²) in [6.07, 6.45) is 0.384. The summed E-state index contributed by atoms with van der Waals surface area (Å²) in [6, 6.07) is 21.8. The largest absolute Gasteiger partial charge is 0.471 e. The van der Waals surface area contributed by atoms with Crippen LogP contribution in [0, 0.1) is 11.6 Å². The van der Waals surface area contributed by atoms with Crippen LogP contribution in [0.1, 0.15) is 21.5 Å². The first-order chi connectivity index (χ1) is 22.5. The standard InChI is InChI=1S/C33H22F5IN6O2/c34-21-10-11-25(35)24(17-21)30(46)42-23-8-4-6-20(16-23)29-28(27-9-1-2-14-45(27)44-29)26-12-13-40-32(39-26)43-22-7-3-5-19(15-22)18-41-31(47)33(36,37)38/h1-17H,18H2,(H,40,43)(H,41,47)(H,42,46). The Labute approximate surface area is 273 Å². The highest BCUT2D eigenvalue weighted by Gasteiger charge is 2.38. The maximum absolute atomic E-state index is 14.2. The average molecular weight is 756 g/mol. The maximum Gasteiger partial charge on any atom is 0.471 e. The Morgan fingerprint density at radius 1 is 0.894 bits per heavy atom. The van der Waals surface area contributed by atoms with Crippen molar-refractivity contribution in [3.05, 3.63) is 126 Å². The van der Waals surface area contributed by atoms with Crippen molar-refractivity contribution in [2.45, 2.75) is 12.7 Å². The minimum absolute atomic E-state index is 0.297. The smallest absolute Gasteiger partial charge is 0.344 e. The third-order valence-electron chi connectivity index (χ3n) is 6.83. The molecule has 3 aromatic carbocycles. The number of hydrogen-bond donors (Lipinski definition) is 3. The van der Waals surface area contributed by atoms with Gasteiger partial charge in [0.15, 0.2) is 3.76 Å². The lowest BCUT2D eigenvalue weighted by molar-refractivity contribution is -0.173. The molecular weight excluding hydrogens is 734 g/mol. The second kappa shape index (κ2) is 13.2. The van der Waals surface area contributed by atoms with Crippen LogP contribution in [0.2, 0.25) is 0 Å². The molecule has 0 aliphatic carbocycles.